The summed E-state index contributed by atoms with van der Waals surface area (Å²) in [6, 6.07) is 60.4. The number of nitrogens with zero attached hydrogens (tertiary/aromatic N) is 4. The Morgan fingerprint density at radius 2 is 0.673 bits per heavy atom. The maximum Gasteiger partial charge on any atom is 0.153 e. The number of para-hydroxylation sites is 10. The fourth-order valence-corrected chi connectivity index (χ4v) is 10.1. The minimum Gasteiger partial charge on any atom is -0.453 e. The van der Waals surface area contributed by atoms with Crippen molar-refractivity contribution in [3.05, 3.63) is 170 Å². The smallest absolute Gasteiger partial charge is 0.153 e. The Morgan fingerprint density at radius 3 is 1.13 bits per heavy atom. The van der Waals surface area contributed by atoms with E-state index in [0.29, 0.717) is 0 Å². The van der Waals surface area contributed by atoms with Gasteiger partial charge in [-0.05, 0) is 97.1 Å². The lowest BCUT2D eigenvalue weighted by Gasteiger charge is -2.43. The molecule has 258 valence electrons. The van der Waals surface area contributed by atoms with Gasteiger partial charge >= 0.3 is 0 Å². The number of hydrogen-bond donors (Lipinski definition) is 0. The van der Waals surface area contributed by atoms with Crippen LogP contribution in [0.4, 0.5) is 68.2 Å². The summed E-state index contributed by atoms with van der Waals surface area (Å²) in [4.78, 5) is 9.46. The third-order valence-corrected chi connectivity index (χ3v) is 12.3. The van der Waals surface area contributed by atoms with Crippen LogP contribution in [0.3, 0.4) is 0 Å². The molecule has 1 aromatic heterocycles. The van der Waals surface area contributed by atoms with Crippen molar-refractivity contribution in [2.24, 2.45) is 0 Å². The topological polar surface area (TPSA) is 31.4 Å². The van der Waals surface area contributed by atoms with Gasteiger partial charge < -0.3 is 19.3 Å². The number of hydrogen-bond acceptors (Lipinski definition) is 7. The van der Waals surface area contributed by atoms with Gasteiger partial charge in [-0.3, -0.25) is 9.80 Å². The summed E-state index contributed by atoms with van der Waals surface area (Å²) in [5.41, 5.74) is 13.1. The largest absolute Gasteiger partial charge is 0.453 e. The van der Waals surface area contributed by atoms with Crippen LogP contribution >= 0.6 is 11.3 Å². The Labute approximate surface area is 320 Å². The van der Waals surface area contributed by atoms with Crippen LogP contribution in [0.25, 0.3) is 20.2 Å². The second kappa shape index (κ2) is 10.7. The first-order valence-electron chi connectivity index (χ1n) is 18.4. The van der Waals surface area contributed by atoms with Crippen molar-refractivity contribution in [2.75, 3.05) is 19.6 Å². The molecule has 0 saturated heterocycles. The molecule has 0 unspecified atom stereocenters. The summed E-state index contributed by atoms with van der Waals surface area (Å²) in [6.07, 6.45) is 0. The van der Waals surface area contributed by atoms with Gasteiger partial charge in [-0.15, -0.1) is 11.3 Å². The van der Waals surface area contributed by atoms with E-state index in [0.717, 1.165) is 91.2 Å². The number of rotatable bonds is 2. The molecule has 0 spiro atoms. The van der Waals surface area contributed by atoms with Gasteiger partial charge in [-0.2, -0.15) is 0 Å². The third kappa shape index (κ3) is 3.92. The lowest BCUT2D eigenvalue weighted by atomic mass is 10.0. The van der Waals surface area contributed by atoms with Crippen molar-refractivity contribution in [3.63, 3.8) is 0 Å². The molecule has 9 aromatic rings. The van der Waals surface area contributed by atoms with Crippen molar-refractivity contribution >= 4 is 99.8 Å². The van der Waals surface area contributed by atoms with Crippen LogP contribution < -0.4 is 29.1 Å². The number of benzene rings is 8. The molecule has 5 heterocycles. The lowest BCUT2D eigenvalue weighted by Crippen LogP contribution is -2.26. The van der Waals surface area contributed by atoms with Gasteiger partial charge in [0, 0.05) is 31.5 Å². The molecule has 8 aromatic carbocycles. The molecule has 0 atom stereocenters. The molecule has 55 heavy (non-hydrogen) atoms. The fourth-order valence-electron chi connectivity index (χ4n) is 8.96. The van der Waals surface area contributed by atoms with E-state index >= 15 is 0 Å². The van der Waals surface area contributed by atoms with Crippen LogP contribution in [0.5, 0.6) is 23.0 Å². The molecule has 0 bridgehead atoms. The predicted octanol–water partition coefficient (Wildman–Crippen LogP) is 14.8. The SMILES string of the molecule is c1ccc2c(c1)Oc1cccc3c1N2c1ccccc1N3c1ccc2c(c1)sc1cc(N3c4ccccc4N4c5ccccc5Oc5cccc3c54)ccc12. The number of ether oxygens (including phenoxy) is 2. The summed E-state index contributed by atoms with van der Waals surface area (Å²) in [5, 5.41) is 2.50. The minimum absolute atomic E-state index is 0.851. The first-order chi connectivity index (χ1) is 27.3. The standard InChI is InChI=1S/C48H28N4O2S/c1-3-13-35-33(11-1)49(39-17-9-21-43-47(39)51(35)37-15-5-7-19-41(37)53-43)29-23-25-31-32-26-24-30(28-46(32)55-45(31)27-29)50-34-12-2-4-14-36(34)52-38-16-6-8-20-42(38)54-44-22-10-18-40(50)48(44)52/h1-28H. The van der Waals surface area contributed by atoms with E-state index < -0.39 is 0 Å². The Balaban J connectivity index is 0.953. The summed E-state index contributed by atoms with van der Waals surface area (Å²) < 4.78 is 15.5. The Bertz CT molecular complexity index is 2910. The second-order valence-corrected chi connectivity index (χ2v) is 15.3. The number of thiophene rings is 1. The molecule has 6 nitrogen and oxygen atoms in total. The van der Waals surface area contributed by atoms with E-state index in [1.807, 2.05) is 35.6 Å². The molecule has 0 aliphatic carbocycles. The van der Waals surface area contributed by atoms with E-state index in [4.69, 9.17) is 9.47 Å². The van der Waals surface area contributed by atoms with Gasteiger partial charge in [-0.25, -0.2) is 0 Å². The third-order valence-electron chi connectivity index (χ3n) is 11.2. The van der Waals surface area contributed by atoms with Crippen LogP contribution in [0.1, 0.15) is 0 Å². The molecule has 13 rings (SSSR count). The van der Waals surface area contributed by atoms with Crippen LogP contribution in [-0.4, -0.2) is 0 Å². The average molecular weight is 725 g/mol. The van der Waals surface area contributed by atoms with Crippen molar-refractivity contribution < 1.29 is 9.47 Å². The zero-order valence-electron chi connectivity index (χ0n) is 29.2. The maximum atomic E-state index is 6.50. The molecule has 0 saturated carbocycles. The number of fused-ring (bicyclic) bond motifs is 11. The highest BCUT2D eigenvalue weighted by Crippen LogP contribution is 2.63. The molecule has 7 heteroatoms. The van der Waals surface area contributed by atoms with Gasteiger partial charge in [0.25, 0.3) is 0 Å². The highest BCUT2D eigenvalue weighted by molar-refractivity contribution is 7.25. The zero-order valence-corrected chi connectivity index (χ0v) is 30.0. The van der Waals surface area contributed by atoms with Gasteiger partial charge in [0.2, 0.25) is 0 Å². The summed E-state index contributed by atoms with van der Waals surface area (Å²) in [6.45, 7) is 0. The van der Waals surface area contributed by atoms with Crippen LogP contribution in [-0.2, 0) is 0 Å². The molecule has 4 aliphatic rings. The normalized spacial score (nSPS) is 14.0. The maximum absolute atomic E-state index is 6.50. The Morgan fingerprint density at radius 1 is 0.309 bits per heavy atom. The van der Waals surface area contributed by atoms with Gasteiger partial charge in [0.15, 0.2) is 23.0 Å². The van der Waals surface area contributed by atoms with E-state index in [1.54, 1.807) is 0 Å². The predicted molar refractivity (Wildman–Crippen MR) is 225 cm³/mol. The fraction of sp³-hybridized carbons (Fsp3) is 0. The molecular weight excluding hydrogens is 697 g/mol. The van der Waals surface area contributed by atoms with E-state index in [1.165, 1.54) is 20.2 Å². The van der Waals surface area contributed by atoms with E-state index in [9.17, 15) is 0 Å². The highest BCUT2D eigenvalue weighted by atomic mass is 32.1. The van der Waals surface area contributed by atoms with Crippen molar-refractivity contribution in [1.29, 1.82) is 0 Å². The summed E-state index contributed by atoms with van der Waals surface area (Å²) in [5.74, 6) is 3.42. The van der Waals surface area contributed by atoms with Crippen molar-refractivity contribution in [3.8, 4) is 23.0 Å². The molecule has 4 aliphatic heterocycles. The lowest BCUT2D eigenvalue weighted by molar-refractivity contribution is 0.476. The summed E-state index contributed by atoms with van der Waals surface area (Å²) in [7, 11) is 0. The molecule has 0 N–H and O–H groups in total. The Hall–Kier alpha value is -7.22. The van der Waals surface area contributed by atoms with E-state index in [2.05, 4.69) is 165 Å². The highest BCUT2D eigenvalue weighted by Gasteiger charge is 2.38. The van der Waals surface area contributed by atoms with Gasteiger partial charge in [0.05, 0.1) is 45.5 Å². The zero-order chi connectivity index (χ0) is 35.8. The van der Waals surface area contributed by atoms with Crippen LogP contribution in [0.2, 0.25) is 0 Å². The quantitative estimate of drug-likeness (QED) is 0.176. The van der Waals surface area contributed by atoms with Crippen molar-refractivity contribution in [1.82, 2.24) is 0 Å². The monoisotopic (exact) mass is 724 g/mol. The van der Waals surface area contributed by atoms with Gasteiger partial charge in [-0.1, -0.05) is 72.8 Å². The van der Waals surface area contributed by atoms with Crippen LogP contribution in [0, 0.1) is 0 Å². The van der Waals surface area contributed by atoms with E-state index in [-0.39, 0.29) is 0 Å². The Kier molecular flexibility index (Phi) is 5.69. The minimum atomic E-state index is 0.851. The molecular formula is C48H28N4O2S. The molecule has 0 amide bonds. The van der Waals surface area contributed by atoms with Crippen LogP contribution in [0.15, 0.2) is 170 Å². The average Bonchev–Trinajstić information content (AvgIpc) is 3.60. The number of anilines is 12. The van der Waals surface area contributed by atoms with Gasteiger partial charge in [0.1, 0.15) is 11.4 Å². The summed E-state index contributed by atoms with van der Waals surface area (Å²) >= 11 is 1.84. The first-order valence-corrected chi connectivity index (χ1v) is 19.2. The van der Waals surface area contributed by atoms with Crippen molar-refractivity contribution in [2.45, 2.75) is 0 Å². The second-order valence-electron chi connectivity index (χ2n) is 14.2. The molecule has 0 radical (unpaired) electrons. The first kappa shape index (κ1) is 29.3. The molecule has 0 fully saturated rings.